The van der Waals surface area contributed by atoms with Gasteiger partial charge in [0.2, 0.25) is 0 Å². The van der Waals surface area contributed by atoms with Crippen molar-refractivity contribution >= 4 is 6.03 Å². The lowest BCUT2D eigenvalue weighted by atomic mass is 9.96. The lowest BCUT2D eigenvalue weighted by Crippen LogP contribution is -2.40. The molecule has 1 aliphatic rings. The highest BCUT2D eigenvalue weighted by Gasteiger charge is 2.19. The molecule has 2 unspecified atom stereocenters. The first-order valence-electron chi connectivity index (χ1n) is 7.91. The topological polar surface area (TPSA) is 50.4 Å². The number of amides is 2. The van der Waals surface area contributed by atoms with Crippen molar-refractivity contribution in [2.24, 2.45) is 5.92 Å². The highest BCUT2D eigenvalue weighted by atomic mass is 16.5. The Morgan fingerprint density at radius 3 is 2.86 bits per heavy atom. The first kappa shape index (κ1) is 15.8. The summed E-state index contributed by atoms with van der Waals surface area (Å²) in [5, 5.41) is 5.89. The molecule has 0 spiro atoms. The van der Waals surface area contributed by atoms with E-state index in [-0.39, 0.29) is 6.03 Å². The molecule has 0 aliphatic carbocycles. The smallest absolute Gasteiger partial charge is 0.314 e. The standard InChI is InChI=1S/C17H26N2O2/c1-14-12-16(9-11-21-14)13-19-17(20)18-10-5-8-15-6-3-2-4-7-15/h2-4,6-7,14,16H,5,8-13H2,1H3,(H2,18,19,20). The number of hydrogen-bond acceptors (Lipinski definition) is 2. The minimum atomic E-state index is -0.0535. The van der Waals surface area contributed by atoms with Gasteiger partial charge in [-0.2, -0.15) is 0 Å². The molecule has 1 aliphatic heterocycles. The van der Waals surface area contributed by atoms with Gasteiger partial charge in [-0.1, -0.05) is 30.3 Å². The van der Waals surface area contributed by atoms with Gasteiger partial charge in [0.1, 0.15) is 0 Å². The Morgan fingerprint density at radius 1 is 1.29 bits per heavy atom. The van der Waals surface area contributed by atoms with E-state index in [2.05, 4.69) is 29.7 Å². The van der Waals surface area contributed by atoms with Gasteiger partial charge in [-0.05, 0) is 44.1 Å². The van der Waals surface area contributed by atoms with Crippen molar-refractivity contribution in [3.63, 3.8) is 0 Å². The normalized spacial score (nSPS) is 21.8. The Labute approximate surface area is 127 Å². The number of carbonyl (C=O) groups is 1. The average Bonchev–Trinajstić information content (AvgIpc) is 2.51. The van der Waals surface area contributed by atoms with Crippen LogP contribution in [0.2, 0.25) is 0 Å². The van der Waals surface area contributed by atoms with E-state index in [1.807, 2.05) is 18.2 Å². The monoisotopic (exact) mass is 290 g/mol. The highest BCUT2D eigenvalue weighted by Crippen LogP contribution is 2.18. The second-order valence-electron chi connectivity index (χ2n) is 5.80. The molecule has 2 N–H and O–H groups in total. The van der Waals surface area contributed by atoms with Crippen LogP contribution in [0.4, 0.5) is 4.79 Å². The van der Waals surface area contributed by atoms with Crippen LogP contribution in [0, 0.1) is 5.92 Å². The summed E-state index contributed by atoms with van der Waals surface area (Å²) in [5.74, 6) is 0.545. The van der Waals surface area contributed by atoms with Gasteiger partial charge < -0.3 is 15.4 Å². The van der Waals surface area contributed by atoms with Crippen molar-refractivity contribution in [2.45, 2.75) is 38.7 Å². The quantitative estimate of drug-likeness (QED) is 0.792. The Bertz CT molecular complexity index is 422. The van der Waals surface area contributed by atoms with Crippen LogP contribution in [-0.4, -0.2) is 31.8 Å². The van der Waals surface area contributed by atoms with Crippen molar-refractivity contribution in [1.82, 2.24) is 10.6 Å². The molecule has 2 rings (SSSR count). The van der Waals surface area contributed by atoms with Gasteiger partial charge in [0.25, 0.3) is 0 Å². The maximum Gasteiger partial charge on any atom is 0.314 e. The molecule has 1 heterocycles. The van der Waals surface area contributed by atoms with Gasteiger partial charge >= 0.3 is 6.03 Å². The van der Waals surface area contributed by atoms with Crippen LogP contribution in [0.1, 0.15) is 31.7 Å². The molecule has 2 atom stereocenters. The molecule has 0 radical (unpaired) electrons. The van der Waals surface area contributed by atoms with Crippen LogP contribution in [0.15, 0.2) is 30.3 Å². The number of rotatable bonds is 6. The number of urea groups is 1. The molecule has 21 heavy (non-hydrogen) atoms. The molecule has 1 fully saturated rings. The number of aryl methyl sites for hydroxylation is 1. The maximum atomic E-state index is 11.7. The Kier molecular flexibility index (Phi) is 6.54. The first-order chi connectivity index (χ1) is 10.2. The molecule has 0 saturated carbocycles. The molecule has 0 aromatic heterocycles. The van der Waals surface area contributed by atoms with Gasteiger partial charge in [-0.3, -0.25) is 0 Å². The van der Waals surface area contributed by atoms with Crippen LogP contribution < -0.4 is 10.6 Å². The highest BCUT2D eigenvalue weighted by molar-refractivity contribution is 5.73. The van der Waals surface area contributed by atoms with Gasteiger partial charge in [0, 0.05) is 19.7 Å². The van der Waals surface area contributed by atoms with Crippen LogP contribution in [-0.2, 0) is 11.2 Å². The third-order valence-electron chi connectivity index (χ3n) is 3.92. The molecule has 0 bridgehead atoms. The lowest BCUT2D eigenvalue weighted by molar-refractivity contribution is 0.00346. The van der Waals surface area contributed by atoms with E-state index in [0.29, 0.717) is 18.6 Å². The number of benzene rings is 1. The van der Waals surface area contributed by atoms with Crippen molar-refractivity contribution in [3.05, 3.63) is 35.9 Å². The lowest BCUT2D eigenvalue weighted by Gasteiger charge is -2.27. The average molecular weight is 290 g/mol. The van der Waals surface area contributed by atoms with Crippen LogP contribution in [0.3, 0.4) is 0 Å². The number of hydrogen-bond donors (Lipinski definition) is 2. The Hall–Kier alpha value is -1.55. The zero-order valence-corrected chi connectivity index (χ0v) is 12.8. The van der Waals surface area contributed by atoms with Gasteiger partial charge in [0.15, 0.2) is 0 Å². The predicted molar refractivity (Wildman–Crippen MR) is 84.3 cm³/mol. The van der Waals surface area contributed by atoms with Crippen LogP contribution >= 0.6 is 0 Å². The molecule has 2 amide bonds. The summed E-state index contributed by atoms with van der Waals surface area (Å²) < 4.78 is 5.51. The number of carbonyl (C=O) groups excluding carboxylic acids is 1. The first-order valence-corrected chi connectivity index (χ1v) is 7.91. The molecule has 116 valence electrons. The summed E-state index contributed by atoms with van der Waals surface area (Å²) in [6.45, 7) is 4.37. The molecular weight excluding hydrogens is 264 g/mol. The minimum Gasteiger partial charge on any atom is -0.378 e. The molecule has 1 aromatic carbocycles. The van der Waals surface area contributed by atoms with E-state index >= 15 is 0 Å². The zero-order chi connectivity index (χ0) is 14.9. The molecule has 4 nitrogen and oxygen atoms in total. The van der Waals surface area contributed by atoms with Crippen molar-refractivity contribution in [2.75, 3.05) is 19.7 Å². The summed E-state index contributed by atoms with van der Waals surface area (Å²) in [7, 11) is 0. The van der Waals surface area contributed by atoms with Crippen LogP contribution in [0.5, 0.6) is 0 Å². The Balaban J connectivity index is 1.53. The largest absolute Gasteiger partial charge is 0.378 e. The Morgan fingerprint density at radius 2 is 2.10 bits per heavy atom. The van der Waals surface area contributed by atoms with Gasteiger partial charge in [-0.25, -0.2) is 4.79 Å². The molecule has 4 heteroatoms. The summed E-state index contributed by atoms with van der Waals surface area (Å²) >= 11 is 0. The third kappa shape index (κ3) is 6.17. The van der Waals surface area contributed by atoms with E-state index in [0.717, 1.165) is 38.8 Å². The fourth-order valence-electron chi connectivity index (χ4n) is 2.72. The maximum absolute atomic E-state index is 11.7. The summed E-state index contributed by atoms with van der Waals surface area (Å²) in [4.78, 5) is 11.7. The van der Waals surface area contributed by atoms with Gasteiger partial charge in [0.05, 0.1) is 6.10 Å². The van der Waals surface area contributed by atoms with Crippen molar-refractivity contribution in [3.8, 4) is 0 Å². The van der Waals surface area contributed by atoms with E-state index in [9.17, 15) is 4.79 Å². The number of ether oxygens (including phenoxy) is 1. The van der Waals surface area contributed by atoms with Crippen molar-refractivity contribution in [1.29, 1.82) is 0 Å². The summed E-state index contributed by atoms with van der Waals surface area (Å²) in [6, 6.07) is 10.3. The predicted octanol–water partition coefficient (Wildman–Crippen LogP) is 2.73. The second-order valence-corrected chi connectivity index (χ2v) is 5.80. The fourth-order valence-corrected chi connectivity index (χ4v) is 2.72. The zero-order valence-electron chi connectivity index (χ0n) is 12.8. The van der Waals surface area contributed by atoms with E-state index in [4.69, 9.17) is 4.74 Å². The van der Waals surface area contributed by atoms with Crippen LogP contribution in [0.25, 0.3) is 0 Å². The van der Waals surface area contributed by atoms with E-state index < -0.39 is 0 Å². The molecule has 1 saturated heterocycles. The fraction of sp³-hybridized carbons (Fsp3) is 0.588. The summed E-state index contributed by atoms with van der Waals surface area (Å²) in [6.07, 6.45) is 4.36. The third-order valence-corrected chi connectivity index (χ3v) is 3.92. The number of nitrogens with one attached hydrogen (secondary N) is 2. The SMILES string of the molecule is CC1CC(CNC(=O)NCCCc2ccccc2)CCO1. The van der Waals surface area contributed by atoms with Gasteiger partial charge in [-0.15, -0.1) is 0 Å². The van der Waals surface area contributed by atoms with E-state index in [1.54, 1.807) is 0 Å². The minimum absolute atomic E-state index is 0.0535. The summed E-state index contributed by atoms with van der Waals surface area (Å²) in [5.41, 5.74) is 1.32. The molecular formula is C17H26N2O2. The van der Waals surface area contributed by atoms with E-state index in [1.165, 1.54) is 5.56 Å². The van der Waals surface area contributed by atoms with Crippen molar-refractivity contribution < 1.29 is 9.53 Å². The molecule has 1 aromatic rings. The second kappa shape index (κ2) is 8.67.